The average Bonchev–Trinajstić information content (AvgIpc) is 3.40. The predicted octanol–water partition coefficient (Wildman–Crippen LogP) is 2.95. The quantitative estimate of drug-likeness (QED) is 0.845. The summed E-state index contributed by atoms with van der Waals surface area (Å²) in [6.45, 7) is 0.279. The molecule has 2 N–H and O–H groups in total. The summed E-state index contributed by atoms with van der Waals surface area (Å²) in [5, 5.41) is 11.9. The maximum Gasteiger partial charge on any atom is 0.339 e. The number of carbonyl (C=O) groups is 2. The van der Waals surface area contributed by atoms with E-state index in [9.17, 15) is 14.0 Å². The minimum Gasteiger partial charge on any atom is -0.496 e. The molecule has 2 atom stereocenters. The summed E-state index contributed by atoms with van der Waals surface area (Å²) in [6, 6.07) is 11.0. The van der Waals surface area contributed by atoms with E-state index in [1.165, 1.54) is 25.3 Å². The molecule has 1 fully saturated rings. The molecule has 5 nitrogen and oxygen atoms in total. The molecule has 0 saturated heterocycles. The second kappa shape index (κ2) is 6.93. The van der Waals surface area contributed by atoms with Gasteiger partial charge in [0.1, 0.15) is 17.1 Å². The number of carboxylic acid groups (broad SMARTS) is 1. The van der Waals surface area contributed by atoms with Crippen LogP contribution in [-0.4, -0.2) is 24.1 Å². The van der Waals surface area contributed by atoms with Crippen molar-refractivity contribution in [3.63, 3.8) is 0 Å². The topological polar surface area (TPSA) is 75.6 Å². The molecule has 2 unspecified atom stereocenters. The van der Waals surface area contributed by atoms with Gasteiger partial charge in [-0.2, -0.15) is 0 Å². The first kappa shape index (κ1) is 17.0. The number of amides is 1. The van der Waals surface area contributed by atoms with Gasteiger partial charge in [-0.15, -0.1) is 0 Å². The molecule has 25 heavy (non-hydrogen) atoms. The van der Waals surface area contributed by atoms with Gasteiger partial charge in [-0.25, -0.2) is 9.18 Å². The Morgan fingerprint density at radius 2 is 2.08 bits per heavy atom. The fraction of sp³-hybridized carbons (Fsp3) is 0.263. The minimum atomic E-state index is -1.07. The molecule has 1 aliphatic rings. The molecule has 1 amide bonds. The zero-order chi connectivity index (χ0) is 18.0. The highest BCUT2D eigenvalue weighted by molar-refractivity contribution is 5.91. The maximum atomic E-state index is 13.3. The number of hydrogen-bond donors (Lipinski definition) is 2. The predicted molar refractivity (Wildman–Crippen MR) is 89.0 cm³/mol. The Balaban J connectivity index is 1.59. The molecule has 0 aliphatic heterocycles. The number of nitrogens with one attached hydrogen (secondary N) is 1. The molecule has 2 aromatic carbocycles. The van der Waals surface area contributed by atoms with E-state index in [4.69, 9.17) is 9.84 Å². The number of hydrogen-bond acceptors (Lipinski definition) is 3. The van der Waals surface area contributed by atoms with Crippen LogP contribution in [0, 0.1) is 11.7 Å². The molecular formula is C19H18FNO4. The highest BCUT2D eigenvalue weighted by Crippen LogP contribution is 2.47. The zero-order valence-electron chi connectivity index (χ0n) is 13.7. The van der Waals surface area contributed by atoms with Crippen LogP contribution in [0.5, 0.6) is 5.75 Å². The molecule has 3 rings (SSSR count). The largest absolute Gasteiger partial charge is 0.496 e. The van der Waals surface area contributed by atoms with E-state index in [1.807, 2.05) is 6.07 Å². The fourth-order valence-corrected chi connectivity index (χ4v) is 2.93. The third-order valence-electron chi connectivity index (χ3n) is 4.37. The van der Waals surface area contributed by atoms with Crippen molar-refractivity contribution in [2.75, 3.05) is 7.11 Å². The standard InChI is InChI=1S/C19H18FNO4/c1-25-17-7-11(5-6-14(17)19(23)24)10-21-18(22)16-9-15(16)12-3-2-4-13(20)8-12/h2-8,15-16H,9-10H2,1H3,(H,21,22)(H,23,24). The van der Waals surface area contributed by atoms with Gasteiger partial charge in [0.25, 0.3) is 0 Å². The van der Waals surface area contributed by atoms with E-state index in [1.54, 1.807) is 18.2 Å². The van der Waals surface area contributed by atoms with Crippen LogP contribution in [0.4, 0.5) is 4.39 Å². The first-order chi connectivity index (χ1) is 12.0. The summed E-state index contributed by atoms with van der Waals surface area (Å²) in [7, 11) is 1.40. The summed E-state index contributed by atoms with van der Waals surface area (Å²) >= 11 is 0. The van der Waals surface area contributed by atoms with E-state index < -0.39 is 5.97 Å². The monoisotopic (exact) mass is 343 g/mol. The van der Waals surface area contributed by atoms with Crippen LogP contribution in [-0.2, 0) is 11.3 Å². The van der Waals surface area contributed by atoms with Crippen molar-refractivity contribution in [2.24, 2.45) is 5.92 Å². The molecule has 0 bridgehead atoms. The smallest absolute Gasteiger partial charge is 0.339 e. The van der Waals surface area contributed by atoms with Crippen LogP contribution in [0.15, 0.2) is 42.5 Å². The van der Waals surface area contributed by atoms with Crippen molar-refractivity contribution in [1.29, 1.82) is 0 Å². The summed E-state index contributed by atoms with van der Waals surface area (Å²) in [6.07, 6.45) is 0.705. The Bertz CT molecular complexity index is 821. The number of aromatic carboxylic acids is 1. The van der Waals surface area contributed by atoms with Crippen LogP contribution in [0.3, 0.4) is 0 Å². The number of methoxy groups -OCH3 is 1. The Labute approximate surface area is 144 Å². The molecule has 2 aromatic rings. The van der Waals surface area contributed by atoms with Crippen molar-refractivity contribution in [3.8, 4) is 5.75 Å². The average molecular weight is 343 g/mol. The lowest BCUT2D eigenvalue weighted by Crippen LogP contribution is -2.25. The Hall–Kier alpha value is -2.89. The molecule has 1 saturated carbocycles. The number of ether oxygens (including phenoxy) is 1. The molecule has 0 spiro atoms. The first-order valence-corrected chi connectivity index (χ1v) is 7.93. The maximum absolute atomic E-state index is 13.3. The third kappa shape index (κ3) is 3.79. The van der Waals surface area contributed by atoms with E-state index >= 15 is 0 Å². The molecular weight excluding hydrogens is 325 g/mol. The lowest BCUT2D eigenvalue weighted by atomic mass is 10.1. The van der Waals surface area contributed by atoms with Gasteiger partial charge >= 0.3 is 5.97 Å². The van der Waals surface area contributed by atoms with Crippen molar-refractivity contribution < 1.29 is 23.8 Å². The second-order valence-electron chi connectivity index (χ2n) is 6.06. The van der Waals surface area contributed by atoms with E-state index in [2.05, 4.69) is 5.32 Å². The zero-order valence-corrected chi connectivity index (χ0v) is 13.7. The van der Waals surface area contributed by atoms with Crippen LogP contribution in [0.25, 0.3) is 0 Å². The van der Waals surface area contributed by atoms with Gasteiger partial charge < -0.3 is 15.2 Å². The lowest BCUT2D eigenvalue weighted by Gasteiger charge is -2.09. The van der Waals surface area contributed by atoms with Gasteiger partial charge in [0, 0.05) is 12.5 Å². The van der Waals surface area contributed by atoms with Crippen LogP contribution in [0.2, 0.25) is 0 Å². The molecule has 130 valence electrons. The normalized spacial score (nSPS) is 18.5. The summed E-state index contributed by atoms with van der Waals surface area (Å²) in [5.41, 5.74) is 1.66. The summed E-state index contributed by atoms with van der Waals surface area (Å²) in [4.78, 5) is 23.3. The van der Waals surface area contributed by atoms with Gasteiger partial charge in [-0.3, -0.25) is 4.79 Å². The molecule has 1 aliphatic carbocycles. The van der Waals surface area contributed by atoms with Crippen molar-refractivity contribution >= 4 is 11.9 Å². The van der Waals surface area contributed by atoms with Gasteiger partial charge in [-0.05, 0) is 47.7 Å². The van der Waals surface area contributed by atoms with Gasteiger partial charge in [0.05, 0.1) is 7.11 Å². The van der Waals surface area contributed by atoms with Crippen molar-refractivity contribution in [3.05, 3.63) is 65.0 Å². The van der Waals surface area contributed by atoms with E-state index in [0.717, 1.165) is 11.1 Å². The Morgan fingerprint density at radius 3 is 2.76 bits per heavy atom. The second-order valence-corrected chi connectivity index (χ2v) is 6.06. The molecule has 6 heteroatoms. The number of carbonyl (C=O) groups excluding carboxylic acids is 1. The highest BCUT2D eigenvalue weighted by Gasteiger charge is 2.43. The first-order valence-electron chi connectivity index (χ1n) is 7.93. The van der Waals surface area contributed by atoms with Crippen LogP contribution < -0.4 is 10.1 Å². The lowest BCUT2D eigenvalue weighted by molar-refractivity contribution is -0.122. The number of rotatable bonds is 6. The minimum absolute atomic E-state index is 0.0552. The Kier molecular flexibility index (Phi) is 4.70. The van der Waals surface area contributed by atoms with Gasteiger partial charge in [0.2, 0.25) is 5.91 Å². The Morgan fingerprint density at radius 1 is 1.28 bits per heavy atom. The number of benzene rings is 2. The summed E-state index contributed by atoms with van der Waals surface area (Å²) < 4.78 is 18.3. The van der Waals surface area contributed by atoms with E-state index in [0.29, 0.717) is 6.42 Å². The molecule has 0 aromatic heterocycles. The number of carboxylic acids is 1. The molecule has 0 heterocycles. The van der Waals surface area contributed by atoms with Crippen LogP contribution in [0.1, 0.15) is 33.8 Å². The van der Waals surface area contributed by atoms with E-state index in [-0.39, 0.29) is 41.4 Å². The number of halogens is 1. The van der Waals surface area contributed by atoms with Crippen LogP contribution >= 0.6 is 0 Å². The SMILES string of the molecule is COc1cc(CNC(=O)C2CC2c2cccc(F)c2)ccc1C(=O)O. The van der Waals surface area contributed by atoms with Crippen molar-refractivity contribution in [1.82, 2.24) is 5.32 Å². The van der Waals surface area contributed by atoms with Gasteiger partial charge in [-0.1, -0.05) is 18.2 Å². The fourth-order valence-electron chi connectivity index (χ4n) is 2.93. The highest BCUT2D eigenvalue weighted by atomic mass is 19.1. The van der Waals surface area contributed by atoms with Crippen molar-refractivity contribution in [2.45, 2.75) is 18.9 Å². The summed E-state index contributed by atoms with van der Waals surface area (Å²) in [5.74, 6) is -1.29. The third-order valence-corrected chi connectivity index (χ3v) is 4.37. The van der Waals surface area contributed by atoms with Gasteiger partial charge in [0.15, 0.2) is 0 Å². The molecule has 0 radical (unpaired) electrons.